The van der Waals surface area contributed by atoms with E-state index in [4.69, 9.17) is 9.47 Å². The molecule has 8 nitrogen and oxygen atoms in total. The standard InChI is InChI=1S/C27H27N3O5/c1-5-34-27(33)19(4)35-23-13-11-21(12-14-23)29-17(2)15-20(18(29)3)16-24-25(31)28-30(26(24)32)22-9-7-6-8-10-22/h6-16,19H,5H2,1-4H3,(H,28,31)/b24-16-/t19-/m1/s1. The van der Waals surface area contributed by atoms with Crippen molar-refractivity contribution < 1.29 is 23.9 Å². The van der Waals surface area contributed by atoms with Crippen LogP contribution in [-0.2, 0) is 19.1 Å². The summed E-state index contributed by atoms with van der Waals surface area (Å²) in [5, 5.41) is 1.25. The SMILES string of the molecule is CCOC(=O)[C@@H](C)Oc1ccc(-n2c(C)cc(/C=C3/C(=O)NN(c4ccccc4)C3=O)c2C)cc1. The molecule has 0 bridgehead atoms. The molecule has 0 aliphatic carbocycles. The Morgan fingerprint density at radius 2 is 1.71 bits per heavy atom. The molecule has 1 N–H and O–H groups in total. The molecule has 0 unspecified atom stereocenters. The van der Waals surface area contributed by atoms with Crippen LogP contribution >= 0.6 is 0 Å². The lowest BCUT2D eigenvalue weighted by Gasteiger charge is -2.15. The highest BCUT2D eigenvalue weighted by atomic mass is 16.6. The van der Waals surface area contributed by atoms with Crippen LogP contribution in [0, 0.1) is 13.8 Å². The number of nitrogens with zero attached hydrogens (tertiary/aromatic N) is 2. The molecular formula is C27H27N3O5. The largest absolute Gasteiger partial charge is 0.479 e. The van der Waals surface area contributed by atoms with E-state index in [1.165, 1.54) is 5.01 Å². The summed E-state index contributed by atoms with van der Waals surface area (Å²) in [6.07, 6.45) is 0.914. The Hall–Kier alpha value is -4.33. The highest BCUT2D eigenvalue weighted by Gasteiger charge is 2.34. The van der Waals surface area contributed by atoms with Gasteiger partial charge in [0, 0.05) is 17.1 Å². The minimum atomic E-state index is -0.709. The number of aryl methyl sites for hydroxylation is 1. The first kappa shape index (κ1) is 23.8. The van der Waals surface area contributed by atoms with Crippen LogP contribution < -0.4 is 15.2 Å². The first-order valence-electron chi connectivity index (χ1n) is 11.3. The molecule has 1 fully saturated rings. The summed E-state index contributed by atoms with van der Waals surface area (Å²) in [5.74, 6) is -0.708. The van der Waals surface area contributed by atoms with E-state index in [1.54, 1.807) is 56.3 Å². The molecule has 1 saturated heterocycles. The number of rotatable bonds is 7. The smallest absolute Gasteiger partial charge is 0.347 e. The quantitative estimate of drug-likeness (QED) is 0.320. The van der Waals surface area contributed by atoms with E-state index in [2.05, 4.69) is 5.43 Å². The number of hydrazine groups is 1. The van der Waals surface area contributed by atoms with E-state index in [9.17, 15) is 14.4 Å². The number of amides is 2. The second-order valence-electron chi connectivity index (χ2n) is 8.14. The van der Waals surface area contributed by atoms with Crippen molar-refractivity contribution >= 4 is 29.5 Å². The van der Waals surface area contributed by atoms with Gasteiger partial charge in [0.1, 0.15) is 11.3 Å². The van der Waals surface area contributed by atoms with Crippen molar-refractivity contribution in [3.05, 3.63) is 83.2 Å². The molecule has 2 aromatic carbocycles. The number of aromatic nitrogens is 1. The summed E-state index contributed by atoms with van der Waals surface area (Å²) in [7, 11) is 0. The van der Waals surface area contributed by atoms with Crippen molar-refractivity contribution in [2.45, 2.75) is 33.8 Å². The fourth-order valence-electron chi connectivity index (χ4n) is 3.99. The number of benzene rings is 2. The maximum Gasteiger partial charge on any atom is 0.347 e. The van der Waals surface area contributed by atoms with Gasteiger partial charge in [0.15, 0.2) is 6.10 Å². The van der Waals surface area contributed by atoms with Gasteiger partial charge in [-0.2, -0.15) is 0 Å². The maximum absolute atomic E-state index is 12.9. The zero-order chi connectivity index (χ0) is 25.1. The number of hydrogen-bond acceptors (Lipinski definition) is 5. The topological polar surface area (TPSA) is 89.9 Å². The first-order valence-corrected chi connectivity index (χ1v) is 11.3. The Bertz CT molecular complexity index is 1290. The zero-order valence-corrected chi connectivity index (χ0v) is 20.1. The fourth-order valence-corrected chi connectivity index (χ4v) is 3.99. The number of ether oxygens (including phenoxy) is 2. The predicted molar refractivity (Wildman–Crippen MR) is 132 cm³/mol. The molecule has 0 saturated carbocycles. The molecule has 0 radical (unpaired) electrons. The Morgan fingerprint density at radius 3 is 2.37 bits per heavy atom. The second-order valence-corrected chi connectivity index (χ2v) is 8.14. The van der Waals surface area contributed by atoms with Gasteiger partial charge in [-0.3, -0.25) is 15.0 Å². The number of esters is 1. The third-order valence-corrected chi connectivity index (χ3v) is 5.70. The Labute approximate surface area is 203 Å². The zero-order valence-electron chi connectivity index (χ0n) is 20.1. The molecule has 3 aromatic rings. The lowest BCUT2D eigenvalue weighted by Crippen LogP contribution is -2.35. The third kappa shape index (κ3) is 4.82. The lowest BCUT2D eigenvalue weighted by atomic mass is 10.1. The molecule has 1 aliphatic rings. The molecule has 8 heteroatoms. The number of hydrogen-bond donors (Lipinski definition) is 1. The highest BCUT2D eigenvalue weighted by molar-refractivity contribution is 6.31. The molecule has 1 aliphatic heterocycles. The minimum Gasteiger partial charge on any atom is -0.479 e. The molecule has 4 rings (SSSR count). The average Bonchev–Trinajstić information content (AvgIpc) is 3.29. The summed E-state index contributed by atoms with van der Waals surface area (Å²) >= 11 is 0. The number of carbonyl (C=O) groups excluding carboxylic acids is 3. The van der Waals surface area contributed by atoms with Crippen LogP contribution in [0.3, 0.4) is 0 Å². The Morgan fingerprint density at radius 1 is 1.03 bits per heavy atom. The Kier molecular flexibility index (Phi) is 6.73. The van der Waals surface area contributed by atoms with E-state index in [0.29, 0.717) is 18.0 Å². The van der Waals surface area contributed by atoms with Crippen molar-refractivity contribution in [3.63, 3.8) is 0 Å². The van der Waals surface area contributed by atoms with Crippen molar-refractivity contribution in [1.29, 1.82) is 0 Å². The van der Waals surface area contributed by atoms with Gasteiger partial charge in [0.05, 0.1) is 12.3 Å². The minimum absolute atomic E-state index is 0.0748. The summed E-state index contributed by atoms with van der Waals surface area (Å²) < 4.78 is 12.7. The molecule has 1 atom stereocenters. The van der Waals surface area contributed by atoms with E-state index >= 15 is 0 Å². The van der Waals surface area contributed by atoms with Crippen molar-refractivity contribution in [3.8, 4) is 11.4 Å². The van der Waals surface area contributed by atoms with Gasteiger partial charge in [0.2, 0.25) is 0 Å². The van der Waals surface area contributed by atoms with Gasteiger partial charge >= 0.3 is 5.97 Å². The summed E-state index contributed by atoms with van der Waals surface area (Å²) in [5.41, 5.74) is 6.76. The van der Waals surface area contributed by atoms with Gasteiger partial charge in [-0.05, 0) is 81.8 Å². The van der Waals surface area contributed by atoms with Gasteiger partial charge in [0.25, 0.3) is 11.8 Å². The molecule has 2 heterocycles. The predicted octanol–water partition coefficient (Wildman–Crippen LogP) is 3.89. The van der Waals surface area contributed by atoms with Crippen LogP contribution in [0.1, 0.15) is 30.8 Å². The summed E-state index contributed by atoms with van der Waals surface area (Å²) in [6.45, 7) is 7.58. The van der Waals surface area contributed by atoms with Gasteiger partial charge in [-0.15, -0.1) is 0 Å². The maximum atomic E-state index is 12.9. The van der Waals surface area contributed by atoms with Crippen LogP contribution in [0.25, 0.3) is 11.8 Å². The van der Waals surface area contributed by atoms with Crippen molar-refractivity contribution in [2.75, 3.05) is 11.6 Å². The monoisotopic (exact) mass is 473 g/mol. The molecule has 1 aromatic heterocycles. The van der Waals surface area contributed by atoms with Gasteiger partial charge in [-0.25, -0.2) is 9.80 Å². The molecular weight excluding hydrogens is 446 g/mol. The molecule has 180 valence electrons. The fraction of sp³-hybridized carbons (Fsp3) is 0.222. The number of para-hydroxylation sites is 1. The van der Waals surface area contributed by atoms with E-state index in [-0.39, 0.29) is 5.57 Å². The normalized spacial score (nSPS) is 15.3. The number of carbonyl (C=O) groups is 3. The van der Waals surface area contributed by atoms with E-state index in [1.807, 2.05) is 42.7 Å². The number of nitrogens with one attached hydrogen (secondary N) is 1. The van der Waals surface area contributed by atoms with Crippen molar-refractivity contribution in [2.24, 2.45) is 0 Å². The first-order chi connectivity index (χ1) is 16.8. The van der Waals surface area contributed by atoms with Crippen LogP contribution in [0.4, 0.5) is 5.69 Å². The van der Waals surface area contributed by atoms with Crippen LogP contribution in [0.15, 0.2) is 66.2 Å². The summed E-state index contributed by atoms with van der Waals surface area (Å²) in [4.78, 5) is 37.3. The van der Waals surface area contributed by atoms with Gasteiger partial charge < -0.3 is 14.0 Å². The molecule has 35 heavy (non-hydrogen) atoms. The number of anilines is 1. The van der Waals surface area contributed by atoms with Crippen molar-refractivity contribution in [1.82, 2.24) is 9.99 Å². The van der Waals surface area contributed by atoms with Crippen LogP contribution in [0.2, 0.25) is 0 Å². The second kappa shape index (κ2) is 9.89. The average molecular weight is 474 g/mol. The molecule has 0 spiro atoms. The van der Waals surface area contributed by atoms with Crippen LogP contribution in [-0.4, -0.2) is 35.1 Å². The van der Waals surface area contributed by atoms with E-state index in [0.717, 1.165) is 22.6 Å². The summed E-state index contributed by atoms with van der Waals surface area (Å²) in [6, 6.07) is 18.2. The Balaban J connectivity index is 1.57. The van der Waals surface area contributed by atoms with Crippen LogP contribution in [0.5, 0.6) is 5.75 Å². The highest BCUT2D eigenvalue weighted by Crippen LogP contribution is 2.27. The van der Waals surface area contributed by atoms with Gasteiger partial charge in [-0.1, -0.05) is 18.2 Å². The third-order valence-electron chi connectivity index (χ3n) is 5.70. The lowest BCUT2D eigenvalue weighted by molar-refractivity contribution is -0.150. The molecule has 2 amide bonds. The van der Waals surface area contributed by atoms with E-state index < -0.39 is 23.9 Å².